The third-order valence-corrected chi connectivity index (χ3v) is 2.88. The molecule has 0 N–H and O–H groups in total. The van der Waals surface area contributed by atoms with Gasteiger partial charge in [-0.3, -0.25) is 9.59 Å². The zero-order chi connectivity index (χ0) is 11.8. The molecule has 0 atom stereocenters. The molecule has 0 unspecified atom stereocenters. The second-order valence-electron chi connectivity index (χ2n) is 4.33. The zero-order valence-corrected chi connectivity index (χ0v) is 9.91. The molecule has 0 saturated heterocycles. The van der Waals surface area contributed by atoms with Crippen molar-refractivity contribution < 1.29 is 14.3 Å². The van der Waals surface area contributed by atoms with Gasteiger partial charge >= 0.3 is 5.97 Å². The Labute approximate surface area is 96.9 Å². The van der Waals surface area contributed by atoms with Gasteiger partial charge in [0.15, 0.2) is 5.78 Å². The Kier molecular flexibility index (Phi) is 5.83. The van der Waals surface area contributed by atoms with Crippen molar-refractivity contribution in [1.82, 2.24) is 0 Å². The van der Waals surface area contributed by atoms with E-state index in [1.54, 1.807) is 13.0 Å². The maximum absolute atomic E-state index is 11.3. The van der Waals surface area contributed by atoms with Gasteiger partial charge in [0.1, 0.15) is 6.42 Å². The van der Waals surface area contributed by atoms with Crippen molar-refractivity contribution in [2.45, 2.75) is 45.4 Å². The molecule has 90 valence electrons. The zero-order valence-electron chi connectivity index (χ0n) is 9.91. The van der Waals surface area contributed by atoms with E-state index in [1.807, 2.05) is 0 Å². The lowest BCUT2D eigenvalue weighted by Gasteiger charge is -2.20. The highest BCUT2D eigenvalue weighted by molar-refractivity contribution is 6.01. The van der Waals surface area contributed by atoms with E-state index < -0.39 is 5.97 Å². The molecule has 0 aromatic carbocycles. The Hall–Kier alpha value is -1.12. The van der Waals surface area contributed by atoms with Crippen LogP contribution < -0.4 is 0 Å². The molecule has 0 aromatic heterocycles. The Morgan fingerprint density at radius 2 is 1.94 bits per heavy atom. The van der Waals surface area contributed by atoms with Gasteiger partial charge in [-0.05, 0) is 31.8 Å². The molecule has 1 aliphatic rings. The number of carbonyl (C=O) groups is 2. The quantitative estimate of drug-likeness (QED) is 0.409. The van der Waals surface area contributed by atoms with Crippen LogP contribution in [0, 0.1) is 5.92 Å². The fraction of sp³-hybridized carbons (Fsp3) is 0.692. The number of carbonyl (C=O) groups excluding carboxylic acids is 2. The van der Waals surface area contributed by atoms with Crippen molar-refractivity contribution in [1.29, 1.82) is 0 Å². The van der Waals surface area contributed by atoms with Crippen LogP contribution in [-0.4, -0.2) is 18.4 Å². The molecule has 0 radical (unpaired) electrons. The lowest BCUT2D eigenvalue weighted by molar-refractivity contribution is -0.146. The first kappa shape index (κ1) is 12.9. The van der Waals surface area contributed by atoms with Gasteiger partial charge in [-0.25, -0.2) is 0 Å². The van der Waals surface area contributed by atoms with Gasteiger partial charge in [0.05, 0.1) is 6.61 Å². The van der Waals surface area contributed by atoms with Gasteiger partial charge < -0.3 is 4.74 Å². The van der Waals surface area contributed by atoms with Gasteiger partial charge in [0, 0.05) is 0 Å². The molecule has 0 aromatic rings. The molecular formula is C13H20O3. The van der Waals surface area contributed by atoms with E-state index in [-0.39, 0.29) is 12.2 Å². The van der Waals surface area contributed by atoms with E-state index in [0.29, 0.717) is 12.5 Å². The van der Waals surface area contributed by atoms with Crippen molar-refractivity contribution in [3.63, 3.8) is 0 Å². The van der Waals surface area contributed by atoms with Crippen molar-refractivity contribution in [3.05, 3.63) is 12.2 Å². The van der Waals surface area contributed by atoms with E-state index in [4.69, 9.17) is 4.74 Å². The maximum atomic E-state index is 11.3. The number of ether oxygens (including phenoxy) is 1. The Morgan fingerprint density at radius 1 is 1.25 bits per heavy atom. The van der Waals surface area contributed by atoms with Crippen LogP contribution in [0.25, 0.3) is 0 Å². The molecule has 0 amide bonds. The number of hydrogen-bond acceptors (Lipinski definition) is 3. The van der Waals surface area contributed by atoms with Crippen LogP contribution in [0.15, 0.2) is 12.2 Å². The highest BCUT2D eigenvalue weighted by atomic mass is 16.5. The summed E-state index contributed by atoms with van der Waals surface area (Å²) >= 11 is 0. The van der Waals surface area contributed by atoms with E-state index in [0.717, 1.165) is 12.8 Å². The molecule has 1 rings (SSSR count). The average Bonchev–Trinajstić information content (AvgIpc) is 2.28. The smallest absolute Gasteiger partial charge is 0.313 e. The van der Waals surface area contributed by atoms with Crippen LogP contribution in [-0.2, 0) is 14.3 Å². The largest absolute Gasteiger partial charge is 0.465 e. The third-order valence-electron chi connectivity index (χ3n) is 2.88. The molecule has 3 heteroatoms. The summed E-state index contributed by atoms with van der Waals surface area (Å²) in [5.41, 5.74) is 0. The molecule has 0 bridgehead atoms. The van der Waals surface area contributed by atoms with Gasteiger partial charge in [0.25, 0.3) is 0 Å². The average molecular weight is 224 g/mol. The molecule has 16 heavy (non-hydrogen) atoms. The monoisotopic (exact) mass is 224 g/mol. The fourth-order valence-electron chi connectivity index (χ4n) is 2.00. The highest BCUT2D eigenvalue weighted by Gasteiger charge is 2.16. The Morgan fingerprint density at radius 3 is 2.56 bits per heavy atom. The molecular weight excluding hydrogens is 204 g/mol. The van der Waals surface area contributed by atoms with Gasteiger partial charge in [-0.15, -0.1) is 0 Å². The summed E-state index contributed by atoms with van der Waals surface area (Å²) in [5.74, 6) is -0.0701. The normalized spacial score (nSPS) is 17.6. The van der Waals surface area contributed by atoms with Crippen LogP contribution >= 0.6 is 0 Å². The number of rotatable bonds is 5. The molecule has 0 spiro atoms. The van der Waals surface area contributed by atoms with Crippen LogP contribution in [0.3, 0.4) is 0 Å². The Bertz CT molecular complexity index is 262. The van der Waals surface area contributed by atoms with Gasteiger partial charge in [0.2, 0.25) is 0 Å². The summed E-state index contributed by atoms with van der Waals surface area (Å²) in [6.07, 6.45) is 8.98. The second-order valence-corrected chi connectivity index (χ2v) is 4.33. The summed E-state index contributed by atoms with van der Waals surface area (Å²) < 4.78 is 5.10. The molecule has 0 aliphatic heterocycles. The summed E-state index contributed by atoms with van der Waals surface area (Å²) in [7, 11) is 0. The summed E-state index contributed by atoms with van der Waals surface area (Å²) in [4.78, 5) is 22.4. The SMILES string of the molecule is C/C=C/C(=O)CC(=O)OCC1CCCCC1. The predicted molar refractivity (Wildman–Crippen MR) is 62.0 cm³/mol. The lowest BCUT2D eigenvalue weighted by atomic mass is 9.90. The minimum atomic E-state index is -0.395. The van der Waals surface area contributed by atoms with Crippen LogP contribution in [0.5, 0.6) is 0 Å². The van der Waals surface area contributed by atoms with Crippen LogP contribution in [0.2, 0.25) is 0 Å². The van der Waals surface area contributed by atoms with Crippen molar-refractivity contribution in [2.24, 2.45) is 5.92 Å². The molecule has 0 heterocycles. The maximum Gasteiger partial charge on any atom is 0.313 e. The summed E-state index contributed by atoms with van der Waals surface area (Å²) in [6.45, 7) is 2.24. The fourth-order valence-corrected chi connectivity index (χ4v) is 2.00. The van der Waals surface area contributed by atoms with E-state index in [1.165, 1.54) is 25.3 Å². The summed E-state index contributed by atoms with van der Waals surface area (Å²) in [6, 6.07) is 0. The summed E-state index contributed by atoms with van der Waals surface area (Å²) in [5, 5.41) is 0. The minimum Gasteiger partial charge on any atom is -0.465 e. The van der Waals surface area contributed by atoms with Crippen molar-refractivity contribution in [2.75, 3.05) is 6.61 Å². The Balaban J connectivity index is 2.16. The minimum absolute atomic E-state index is 0.128. The first-order valence-corrected chi connectivity index (χ1v) is 6.03. The number of ketones is 1. The van der Waals surface area contributed by atoms with Gasteiger partial charge in [-0.2, -0.15) is 0 Å². The standard InChI is InChI=1S/C13H20O3/c1-2-6-12(14)9-13(15)16-10-11-7-4-3-5-8-11/h2,6,11H,3-5,7-10H2,1H3/b6-2+. The second kappa shape index (κ2) is 7.20. The molecule has 1 aliphatic carbocycles. The lowest BCUT2D eigenvalue weighted by Crippen LogP contribution is -2.18. The van der Waals surface area contributed by atoms with Crippen LogP contribution in [0.1, 0.15) is 45.4 Å². The molecule has 1 saturated carbocycles. The first-order chi connectivity index (χ1) is 7.72. The number of allylic oxidation sites excluding steroid dienone is 2. The van der Waals surface area contributed by atoms with Gasteiger partial charge in [-0.1, -0.05) is 25.3 Å². The van der Waals surface area contributed by atoms with Crippen molar-refractivity contribution >= 4 is 11.8 Å². The first-order valence-electron chi connectivity index (χ1n) is 6.03. The topological polar surface area (TPSA) is 43.4 Å². The van der Waals surface area contributed by atoms with E-state index in [2.05, 4.69) is 0 Å². The molecule has 1 fully saturated rings. The number of hydrogen-bond donors (Lipinski definition) is 0. The molecule has 3 nitrogen and oxygen atoms in total. The predicted octanol–water partition coefficient (Wildman–Crippen LogP) is 2.65. The van der Waals surface area contributed by atoms with E-state index in [9.17, 15) is 9.59 Å². The third kappa shape index (κ3) is 5.10. The van der Waals surface area contributed by atoms with Crippen LogP contribution in [0.4, 0.5) is 0 Å². The van der Waals surface area contributed by atoms with E-state index >= 15 is 0 Å². The number of esters is 1. The highest BCUT2D eigenvalue weighted by Crippen LogP contribution is 2.23. The van der Waals surface area contributed by atoms with Crippen molar-refractivity contribution in [3.8, 4) is 0 Å².